The minimum Gasteiger partial charge on any atom is -0.395 e. The van der Waals surface area contributed by atoms with Crippen molar-refractivity contribution in [1.29, 1.82) is 0 Å². The minimum atomic E-state index is 0.226. The van der Waals surface area contributed by atoms with Crippen LogP contribution >= 0.6 is 0 Å². The van der Waals surface area contributed by atoms with Crippen LogP contribution in [-0.2, 0) is 4.74 Å². The zero-order chi connectivity index (χ0) is 20.5. The number of likely N-dealkylation sites (tertiary alicyclic amines) is 4. The first-order valence-corrected chi connectivity index (χ1v) is 12.1. The molecule has 4 heterocycles. The third kappa shape index (κ3) is 4.83. The van der Waals surface area contributed by atoms with E-state index in [2.05, 4.69) is 40.5 Å². The second-order valence-electron chi connectivity index (χ2n) is 10.7. The van der Waals surface area contributed by atoms with Crippen molar-refractivity contribution in [2.75, 3.05) is 79.2 Å². The number of aliphatic hydroxyl groups is 1. The lowest BCUT2D eigenvalue weighted by atomic mass is 9.78. The van der Waals surface area contributed by atoms with E-state index in [0.29, 0.717) is 17.6 Å². The summed E-state index contributed by atoms with van der Waals surface area (Å²) in [5, 5.41) is 9.58. The first-order valence-electron chi connectivity index (χ1n) is 12.1. The molecule has 2 spiro atoms. The number of ether oxygens (including phenoxy) is 1. The van der Waals surface area contributed by atoms with Crippen LogP contribution in [0, 0.1) is 5.41 Å². The maximum Gasteiger partial charge on any atom is 0.0721 e. The number of aliphatic hydroxyl groups excluding tert-OH is 1. The van der Waals surface area contributed by atoms with Crippen LogP contribution < -0.4 is 0 Å². The van der Waals surface area contributed by atoms with Gasteiger partial charge in [0.15, 0.2) is 0 Å². The van der Waals surface area contributed by atoms with Gasteiger partial charge >= 0.3 is 0 Å². The number of hydrogen-bond acceptors (Lipinski definition) is 6. The molecule has 0 radical (unpaired) electrons. The van der Waals surface area contributed by atoms with Crippen molar-refractivity contribution in [2.45, 2.75) is 63.6 Å². The molecule has 168 valence electrons. The average Bonchev–Trinajstić information content (AvgIpc) is 3.37. The van der Waals surface area contributed by atoms with Crippen molar-refractivity contribution in [3.63, 3.8) is 0 Å². The van der Waals surface area contributed by atoms with Gasteiger partial charge in [-0.1, -0.05) is 0 Å². The normalized spacial score (nSPS) is 34.4. The molecular formula is C23H44N4O2. The second kappa shape index (κ2) is 9.09. The Balaban J connectivity index is 1.21. The highest BCUT2D eigenvalue weighted by Crippen LogP contribution is 2.40. The van der Waals surface area contributed by atoms with E-state index in [0.717, 1.165) is 39.2 Å². The first-order chi connectivity index (χ1) is 13.9. The lowest BCUT2D eigenvalue weighted by Crippen LogP contribution is -2.47. The standard InChI is InChI=1S/C23H44N4O2/c1-20(2)26-11-7-23(19-26)16-21(17-27(23)12-14-28)29-15-13-25-9-5-22(6-10-25)4-8-24(3)18-22/h20-21,28H,4-19H2,1-3H3. The van der Waals surface area contributed by atoms with E-state index < -0.39 is 0 Å². The maximum absolute atomic E-state index is 9.58. The van der Waals surface area contributed by atoms with Gasteiger partial charge in [-0.25, -0.2) is 0 Å². The molecule has 29 heavy (non-hydrogen) atoms. The molecule has 4 aliphatic heterocycles. The Morgan fingerprint density at radius 1 is 1.00 bits per heavy atom. The Labute approximate surface area is 178 Å². The van der Waals surface area contributed by atoms with Gasteiger partial charge in [0.25, 0.3) is 0 Å². The zero-order valence-corrected chi connectivity index (χ0v) is 19.1. The number of β-amino-alcohol motifs (C(OH)–C–C–N with tert-alkyl or cyclic N) is 1. The first kappa shape index (κ1) is 22.0. The van der Waals surface area contributed by atoms with Crippen molar-refractivity contribution in [1.82, 2.24) is 19.6 Å². The monoisotopic (exact) mass is 408 g/mol. The third-order valence-electron chi connectivity index (χ3n) is 8.47. The summed E-state index contributed by atoms with van der Waals surface area (Å²) in [6, 6.07) is 0.604. The highest BCUT2D eigenvalue weighted by molar-refractivity contribution is 5.06. The van der Waals surface area contributed by atoms with E-state index in [9.17, 15) is 5.11 Å². The molecular weight excluding hydrogens is 364 g/mol. The van der Waals surface area contributed by atoms with Crippen LogP contribution in [0.1, 0.15) is 46.0 Å². The van der Waals surface area contributed by atoms with E-state index in [-0.39, 0.29) is 12.1 Å². The van der Waals surface area contributed by atoms with Crippen LogP contribution in [0.4, 0.5) is 0 Å². The van der Waals surface area contributed by atoms with Crippen LogP contribution in [0.25, 0.3) is 0 Å². The molecule has 4 aliphatic rings. The van der Waals surface area contributed by atoms with Crippen molar-refractivity contribution in [3.8, 4) is 0 Å². The van der Waals surface area contributed by atoms with Crippen LogP contribution in [0.15, 0.2) is 0 Å². The summed E-state index contributed by atoms with van der Waals surface area (Å²) in [4.78, 5) is 10.3. The molecule has 2 atom stereocenters. The molecule has 0 aromatic rings. The lowest BCUT2D eigenvalue weighted by Gasteiger charge is -2.39. The summed E-state index contributed by atoms with van der Waals surface area (Å²) in [6.07, 6.45) is 6.79. The molecule has 0 aromatic carbocycles. The fourth-order valence-corrected chi connectivity index (χ4v) is 6.54. The molecule has 0 amide bonds. The predicted molar refractivity (Wildman–Crippen MR) is 117 cm³/mol. The van der Waals surface area contributed by atoms with Gasteiger partial charge in [0.2, 0.25) is 0 Å². The lowest BCUT2D eigenvalue weighted by molar-refractivity contribution is 0.0272. The highest BCUT2D eigenvalue weighted by atomic mass is 16.5. The van der Waals surface area contributed by atoms with Crippen LogP contribution in [-0.4, -0.2) is 122 Å². The number of nitrogens with zero attached hydrogens (tertiary/aromatic N) is 4. The predicted octanol–water partition coefficient (Wildman–Crippen LogP) is 1.34. The molecule has 4 fully saturated rings. The summed E-state index contributed by atoms with van der Waals surface area (Å²) in [6.45, 7) is 15.9. The van der Waals surface area contributed by atoms with Crippen LogP contribution in [0.5, 0.6) is 0 Å². The van der Waals surface area contributed by atoms with E-state index >= 15 is 0 Å². The largest absolute Gasteiger partial charge is 0.395 e. The third-order valence-corrected chi connectivity index (χ3v) is 8.47. The van der Waals surface area contributed by atoms with Gasteiger partial charge in [0.1, 0.15) is 0 Å². The van der Waals surface area contributed by atoms with E-state index in [1.165, 1.54) is 58.4 Å². The molecule has 2 unspecified atom stereocenters. The zero-order valence-electron chi connectivity index (χ0n) is 19.1. The minimum absolute atomic E-state index is 0.226. The van der Waals surface area contributed by atoms with Gasteiger partial charge in [0.05, 0.1) is 19.3 Å². The summed E-state index contributed by atoms with van der Waals surface area (Å²) < 4.78 is 6.41. The average molecular weight is 409 g/mol. The van der Waals surface area contributed by atoms with Crippen molar-refractivity contribution in [2.24, 2.45) is 5.41 Å². The fraction of sp³-hybridized carbons (Fsp3) is 1.00. The van der Waals surface area contributed by atoms with Gasteiger partial charge in [-0.2, -0.15) is 0 Å². The molecule has 0 aliphatic carbocycles. The summed E-state index contributed by atoms with van der Waals surface area (Å²) in [7, 11) is 2.27. The molecule has 0 saturated carbocycles. The Morgan fingerprint density at radius 3 is 2.38 bits per heavy atom. The fourth-order valence-electron chi connectivity index (χ4n) is 6.54. The smallest absolute Gasteiger partial charge is 0.0721 e. The van der Waals surface area contributed by atoms with Gasteiger partial charge < -0.3 is 19.6 Å². The number of piperidine rings is 1. The second-order valence-corrected chi connectivity index (χ2v) is 10.7. The van der Waals surface area contributed by atoms with E-state index in [1.54, 1.807) is 0 Å². The molecule has 1 N–H and O–H groups in total. The molecule has 0 bridgehead atoms. The summed E-state index contributed by atoms with van der Waals surface area (Å²) in [5.74, 6) is 0. The van der Waals surface area contributed by atoms with Crippen LogP contribution in [0.3, 0.4) is 0 Å². The Kier molecular flexibility index (Phi) is 6.89. The van der Waals surface area contributed by atoms with Gasteiger partial charge in [-0.15, -0.1) is 0 Å². The highest BCUT2D eigenvalue weighted by Gasteiger charge is 2.50. The molecule has 4 rings (SSSR count). The van der Waals surface area contributed by atoms with Crippen molar-refractivity contribution in [3.05, 3.63) is 0 Å². The van der Waals surface area contributed by atoms with Gasteiger partial charge in [0, 0.05) is 50.8 Å². The molecule has 4 saturated heterocycles. The van der Waals surface area contributed by atoms with Crippen molar-refractivity contribution < 1.29 is 9.84 Å². The Hall–Kier alpha value is -0.240. The molecule has 6 nitrogen and oxygen atoms in total. The number of rotatable bonds is 7. The van der Waals surface area contributed by atoms with Crippen molar-refractivity contribution >= 4 is 0 Å². The topological polar surface area (TPSA) is 42.4 Å². The summed E-state index contributed by atoms with van der Waals surface area (Å²) >= 11 is 0. The van der Waals surface area contributed by atoms with Gasteiger partial charge in [-0.05, 0) is 78.0 Å². The van der Waals surface area contributed by atoms with Gasteiger partial charge in [-0.3, -0.25) is 9.80 Å². The molecule has 0 aromatic heterocycles. The van der Waals surface area contributed by atoms with Crippen LogP contribution in [0.2, 0.25) is 0 Å². The SMILES string of the molecule is CC(C)N1CCC2(CC(OCCN3CCC4(CCN(C)C4)CC3)CN2CCO)C1. The number of hydrogen-bond donors (Lipinski definition) is 1. The van der Waals surface area contributed by atoms with E-state index in [4.69, 9.17) is 4.74 Å². The Morgan fingerprint density at radius 2 is 1.76 bits per heavy atom. The van der Waals surface area contributed by atoms with E-state index in [1.807, 2.05) is 0 Å². The Bertz CT molecular complexity index is 537. The summed E-state index contributed by atoms with van der Waals surface area (Å²) in [5.41, 5.74) is 0.836. The maximum atomic E-state index is 9.58. The molecule has 6 heteroatoms. The quantitative estimate of drug-likeness (QED) is 0.686.